The maximum Gasteiger partial charge on any atom is 0.310 e. The Morgan fingerprint density at radius 3 is 2.40 bits per heavy atom. The van der Waals surface area contributed by atoms with Gasteiger partial charge in [0, 0.05) is 41.1 Å². The van der Waals surface area contributed by atoms with Crippen LogP contribution in [0.2, 0.25) is 0 Å². The molecule has 2 bridgehead atoms. The molecule has 3 saturated heterocycles. The lowest BCUT2D eigenvalue weighted by molar-refractivity contribution is -0.154. The van der Waals surface area contributed by atoms with Gasteiger partial charge in [-0.25, -0.2) is 0 Å². The minimum absolute atomic E-state index is 0.0550. The minimum Gasteiger partial charge on any atom is -0.465 e. The molecular formula is C33H46BrN3O5S. The smallest absolute Gasteiger partial charge is 0.310 e. The van der Waals surface area contributed by atoms with Gasteiger partial charge in [-0.05, 0) is 56.9 Å². The van der Waals surface area contributed by atoms with E-state index in [4.69, 9.17) is 4.74 Å². The first-order chi connectivity index (χ1) is 20.6. The standard InChI is InChI=1S/C33H46BrN3O5S/c1-7-12-18-42-32(41)26-27-30(39)37(25(20-38)21(6)9-3)29(33(27)19-24(34)28(26)43-33)31(40)36(17-8-2)23-15-13-22(14-16-23)35(10-4)11-5/h7-8,13-16,21,24-29,38H,1-2,9-12,17-20H2,3-6H3/t21-,24?,25-,26+,27-,28+,29?,33?/m0/s1. The van der Waals surface area contributed by atoms with E-state index < -0.39 is 34.6 Å². The Balaban J connectivity index is 1.80. The SMILES string of the molecule is C=CCCOC(=O)[C@H]1[C@@H]2SC3(CC2Br)C(C(=O)N(CC=C)c2ccc(N(CC)CC)cc2)N([C@@H](CO)[C@@H](C)CC)C(=O)[C@H]13. The summed E-state index contributed by atoms with van der Waals surface area (Å²) in [5.74, 6) is -2.32. The zero-order valence-electron chi connectivity index (χ0n) is 25.8. The Morgan fingerprint density at radius 2 is 1.84 bits per heavy atom. The molecule has 4 rings (SSSR count). The number of fused-ring (bicyclic) bond motifs is 1. The maximum atomic E-state index is 14.9. The van der Waals surface area contributed by atoms with Gasteiger partial charge in [0.25, 0.3) is 5.91 Å². The fraction of sp³-hybridized carbons (Fsp3) is 0.606. The highest BCUT2D eigenvalue weighted by Gasteiger charge is 2.77. The number of likely N-dealkylation sites (tertiary alicyclic amines) is 1. The first kappa shape index (κ1) is 33.6. The summed E-state index contributed by atoms with van der Waals surface area (Å²) in [5, 5.41) is 10.4. The van der Waals surface area contributed by atoms with Gasteiger partial charge in [-0.15, -0.1) is 24.9 Å². The predicted molar refractivity (Wildman–Crippen MR) is 178 cm³/mol. The molecule has 1 aromatic carbocycles. The molecule has 1 aromatic rings. The van der Waals surface area contributed by atoms with Crippen molar-refractivity contribution in [3.05, 3.63) is 49.6 Å². The van der Waals surface area contributed by atoms with Crippen LogP contribution in [0.15, 0.2) is 49.6 Å². The van der Waals surface area contributed by atoms with Crippen LogP contribution in [0.3, 0.4) is 0 Å². The normalized spacial score (nSPS) is 28.7. The molecule has 0 radical (unpaired) electrons. The topological polar surface area (TPSA) is 90.4 Å². The van der Waals surface area contributed by atoms with Crippen molar-refractivity contribution in [2.45, 2.75) is 73.9 Å². The average molecular weight is 677 g/mol. The largest absolute Gasteiger partial charge is 0.465 e. The number of aliphatic hydroxyl groups excluding tert-OH is 1. The van der Waals surface area contributed by atoms with E-state index in [-0.39, 0.29) is 47.6 Å². The monoisotopic (exact) mass is 675 g/mol. The highest BCUT2D eigenvalue weighted by molar-refractivity contribution is 9.09. The molecule has 3 aliphatic heterocycles. The second-order valence-electron chi connectivity index (χ2n) is 11.7. The number of benzene rings is 1. The van der Waals surface area contributed by atoms with Crippen molar-refractivity contribution in [1.82, 2.24) is 4.90 Å². The summed E-state index contributed by atoms with van der Waals surface area (Å²) >= 11 is 5.38. The molecule has 1 N–H and O–H groups in total. The van der Waals surface area contributed by atoms with Gasteiger partial charge in [-0.3, -0.25) is 14.4 Å². The van der Waals surface area contributed by atoms with E-state index in [1.807, 2.05) is 38.1 Å². The molecule has 0 saturated carbocycles. The molecule has 10 heteroatoms. The van der Waals surface area contributed by atoms with Crippen molar-refractivity contribution < 1.29 is 24.2 Å². The van der Waals surface area contributed by atoms with Crippen LogP contribution in [0.1, 0.15) is 47.0 Å². The number of rotatable bonds is 15. The van der Waals surface area contributed by atoms with Gasteiger partial charge < -0.3 is 24.5 Å². The lowest BCUT2D eigenvalue weighted by Gasteiger charge is -2.41. The van der Waals surface area contributed by atoms with Crippen molar-refractivity contribution in [2.24, 2.45) is 17.8 Å². The maximum absolute atomic E-state index is 14.9. The van der Waals surface area contributed by atoms with Gasteiger partial charge in [0.15, 0.2) is 0 Å². The number of ether oxygens (including phenoxy) is 1. The van der Waals surface area contributed by atoms with Gasteiger partial charge in [0.05, 0.1) is 35.8 Å². The Morgan fingerprint density at radius 1 is 1.19 bits per heavy atom. The van der Waals surface area contributed by atoms with E-state index in [0.717, 1.165) is 25.2 Å². The lowest BCUT2D eigenvalue weighted by Crippen LogP contribution is -2.59. The minimum atomic E-state index is -0.861. The molecule has 2 amide bonds. The zero-order valence-corrected chi connectivity index (χ0v) is 28.2. The predicted octanol–water partition coefficient (Wildman–Crippen LogP) is 5.04. The van der Waals surface area contributed by atoms with Crippen LogP contribution >= 0.6 is 27.7 Å². The number of anilines is 2. The van der Waals surface area contributed by atoms with Gasteiger partial charge in [0.1, 0.15) is 6.04 Å². The molecule has 3 fully saturated rings. The number of halogens is 1. The van der Waals surface area contributed by atoms with Gasteiger partial charge in [-0.1, -0.05) is 48.4 Å². The fourth-order valence-corrected chi connectivity index (χ4v) is 10.7. The molecule has 236 valence electrons. The zero-order chi connectivity index (χ0) is 31.5. The van der Waals surface area contributed by atoms with Crippen LogP contribution in [-0.4, -0.2) is 87.5 Å². The van der Waals surface area contributed by atoms with Gasteiger partial charge in [0.2, 0.25) is 5.91 Å². The Hall–Kier alpha value is -2.30. The first-order valence-electron chi connectivity index (χ1n) is 15.4. The van der Waals surface area contributed by atoms with Crippen molar-refractivity contribution >= 4 is 56.9 Å². The Bertz CT molecular complexity index is 1190. The summed E-state index contributed by atoms with van der Waals surface area (Å²) in [7, 11) is 0. The molecular weight excluding hydrogens is 630 g/mol. The molecule has 8 nitrogen and oxygen atoms in total. The van der Waals surface area contributed by atoms with E-state index in [1.165, 1.54) is 0 Å². The molecule has 1 spiro atoms. The fourth-order valence-electron chi connectivity index (χ4n) is 7.16. The second-order valence-corrected chi connectivity index (χ2v) is 14.4. The van der Waals surface area contributed by atoms with Gasteiger partial charge >= 0.3 is 5.97 Å². The average Bonchev–Trinajstić information content (AvgIpc) is 3.60. The molecule has 3 unspecified atom stereocenters. The number of esters is 1. The number of thioether (sulfide) groups is 1. The van der Waals surface area contributed by atoms with Crippen molar-refractivity contribution in [3.8, 4) is 0 Å². The van der Waals surface area contributed by atoms with Crippen LogP contribution in [0, 0.1) is 17.8 Å². The van der Waals surface area contributed by atoms with Crippen LogP contribution in [0.5, 0.6) is 0 Å². The lowest BCUT2D eigenvalue weighted by atomic mass is 9.71. The number of nitrogens with zero attached hydrogens (tertiary/aromatic N) is 3. The summed E-state index contributed by atoms with van der Waals surface area (Å²) in [6, 6.07) is 6.48. The summed E-state index contributed by atoms with van der Waals surface area (Å²) in [4.78, 5) is 48.5. The van der Waals surface area contributed by atoms with Crippen LogP contribution < -0.4 is 9.80 Å². The number of amides is 2. The second kappa shape index (κ2) is 14.2. The van der Waals surface area contributed by atoms with E-state index in [1.54, 1.807) is 33.7 Å². The first-order valence-corrected chi connectivity index (χ1v) is 17.2. The number of aliphatic hydroxyl groups is 1. The highest BCUT2D eigenvalue weighted by Crippen LogP contribution is 2.68. The number of carbonyl (C=O) groups excluding carboxylic acids is 3. The van der Waals surface area contributed by atoms with Gasteiger partial charge in [-0.2, -0.15) is 0 Å². The van der Waals surface area contributed by atoms with E-state index >= 15 is 0 Å². The molecule has 43 heavy (non-hydrogen) atoms. The molecule has 0 aromatic heterocycles. The van der Waals surface area contributed by atoms with E-state index in [2.05, 4.69) is 47.8 Å². The Kier molecular flexibility index (Phi) is 11.1. The summed E-state index contributed by atoms with van der Waals surface area (Å²) in [6.45, 7) is 17.8. The van der Waals surface area contributed by atoms with E-state index in [0.29, 0.717) is 18.5 Å². The third kappa shape index (κ3) is 5.91. The Labute approximate surface area is 269 Å². The number of alkyl halides is 1. The van der Waals surface area contributed by atoms with Crippen LogP contribution in [0.4, 0.5) is 11.4 Å². The molecule has 3 aliphatic rings. The molecule has 0 aliphatic carbocycles. The van der Waals surface area contributed by atoms with Crippen LogP contribution in [0.25, 0.3) is 0 Å². The molecule has 8 atom stereocenters. The molecule has 3 heterocycles. The quantitative estimate of drug-likeness (QED) is 0.121. The van der Waals surface area contributed by atoms with Crippen LogP contribution in [-0.2, 0) is 19.1 Å². The third-order valence-corrected chi connectivity index (χ3v) is 12.7. The van der Waals surface area contributed by atoms with Crippen molar-refractivity contribution in [3.63, 3.8) is 0 Å². The van der Waals surface area contributed by atoms with E-state index in [9.17, 15) is 19.5 Å². The number of hydrogen-bond donors (Lipinski definition) is 1. The summed E-state index contributed by atoms with van der Waals surface area (Å²) in [5.41, 5.74) is 1.78. The number of carbonyl (C=O) groups is 3. The summed E-state index contributed by atoms with van der Waals surface area (Å²) in [6.07, 6.45) is 5.19. The summed E-state index contributed by atoms with van der Waals surface area (Å²) < 4.78 is 4.80. The number of hydrogen-bond acceptors (Lipinski definition) is 7. The van der Waals surface area contributed by atoms with Crippen molar-refractivity contribution in [1.29, 1.82) is 0 Å². The van der Waals surface area contributed by atoms with Crippen molar-refractivity contribution in [2.75, 3.05) is 42.6 Å². The third-order valence-electron chi connectivity index (χ3n) is 9.51. The highest BCUT2D eigenvalue weighted by atomic mass is 79.9.